The predicted molar refractivity (Wildman–Crippen MR) is 78.2 cm³/mol. The Balaban J connectivity index is 1.80. The fourth-order valence-electron chi connectivity index (χ4n) is 2.11. The van der Waals surface area contributed by atoms with Crippen molar-refractivity contribution in [1.29, 1.82) is 0 Å². The second kappa shape index (κ2) is 6.52. The summed E-state index contributed by atoms with van der Waals surface area (Å²) in [6, 6.07) is 7.84. The molecule has 1 amide bonds. The Labute approximate surface area is 118 Å². The molecule has 1 unspecified atom stereocenters. The molecule has 1 aromatic carbocycles. The summed E-state index contributed by atoms with van der Waals surface area (Å²) in [7, 11) is 0. The van der Waals surface area contributed by atoms with Crippen molar-refractivity contribution in [2.75, 3.05) is 13.2 Å². The van der Waals surface area contributed by atoms with Crippen LogP contribution in [-0.2, 0) is 11.2 Å². The minimum atomic E-state index is -0.111. The smallest absolute Gasteiger partial charge is 0.226 e. The average molecular weight is 278 g/mol. The van der Waals surface area contributed by atoms with Crippen LogP contribution < -0.4 is 15.8 Å². The molecule has 2 rings (SSSR count). The summed E-state index contributed by atoms with van der Waals surface area (Å²) in [6.45, 7) is 1.05. The molecule has 0 aromatic heterocycles. The van der Waals surface area contributed by atoms with E-state index in [1.807, 2.05) is 24.3 Å². The first-order valence-electron chi connectivity index (χ1n) is 6.43. The SMILES string of the molecule is NC(=S)CCCNC(=O)C1COc2ccccc2C1. The number of amides is 1. The molecular formula is C14H18N2O2S. The highest BCUT2D eigenvalue weighted by Gasteiger charge is 2.25. The van der Waals surface area contributed by atoms with Crippen molar-refractivity contribution in [2.45, 2.75) is 19.3 Å². The third kappa shape index (κ3) is 3.92. The lowest BCUT2D eigenvalue weighted by atomic mass is 9.96. The van der Waals surface area contributed by atoms with E-state index >= 15 is 0 Å². The Kier molecular flexibility index (Phi) is 4.74. The van der Waals surface area contributed by atoms with E-state index in [1.165, 1.54) is 0 Å². The highest BCUT2D eigenvalue weighted by atomic mass is 32.1. The Morgan fingerprint density at radius 3 is 3.05 bits per heavy atom. The van der Waals surface area contributed by atoms with Gasteiger partial charge >= 0.3 is 0 Å². The van der Waals surface area contributed by atoms with Gasteiger partial charge in [-0.3, -0.25) is 4.79 Å². The van der Waals surface area contributed by atoms with Crippen LogP contribution in [0.4, 0.5) is 0 Å². The van der Waals surface area contributed by atoms with Crippen LogP contribution in [-0.4, -0.2) is 24.0 Å². The van der Waals surface area contributed by atoms with Gasteiger partial charge in [0, 0.05) is 6.54 Å². The second-order valence-corrected chi connectivity index (χ2v) is 5.21. The first-order chi connectivity index (χ1) is 9.16. The van der Waals surface area contributed by atoms with E-state index in [0.717, 1.165) is 24.2 Å². The van der Waals surface area contributed by atoms with E-state index in [-0.39, 0.29) is 11.8 Å². The maximum absolute atomic E-state index is 12.0. The predicted octanol–water partition coefficient (Wildman–Crippen LogP) is 1.42. The van der Waals surface area contributed by atoms with Crippen LogP contribution in [0.5, 0.6) is 5.75 Å². The van der Waals surface area contributed by atoms with Crippen molar-refractivity contribution < 1.29 is 9.53 Å². The molecule has 1 heterocycles. The zero-order chi connectivity index (χ0) is 13.7. The molecule has 1 aliphatic heterocycles. The molecule has 1 aromatic rings. The van der Waals surface area contributed by atoms with Crippen molar-refractivity contribution in [1.82, 2.24) is 5.32 Å². The fourth-order valence-corrected chi connectivity index (χ4v) is 2.26. The van der Waals surface area contributed by atoms with Crippen molar-refractivity contribution in [3.05, 3.63) is 29.8 Å². The molecule has 0 radical (unpaired) electrons. The number of para-hydroxylation sites is 1. The molecule has 1 aliphatic rings. The summed E-state index contributed by atoms with van der Waals surface area (Å²) in [5.41, 5.74) is 6.50. The second-order valence-electron chi connectivity index (χ2n) is 4.68. The summed E-state index contributed by atoms with van der Waals surface area (Å²) < 4.78 is 5.60. The Bertz CT molecular complexity index is 476. The van der Waals surface area contributed by atoms with Crippen LogP contribution in [0.15, 0.2) is 24.3 Å². The highest BCUT2D eigenvalue weighted by molar-refractivity contribution is 7.80. The third-order valence-electron chi connectivity index (χ3n) is 3.15. The lowest BCUT2D eigenvalue weighted by molar-refractivity contribution is -0.126. The number of nitrogens with two attached hydrogens (primary N) is 1. The number of nitrogens with one attached hydrogen (secondary N) is 1. The maximum Gasteiger partial charge on any atom is 0.226 e. The first kappa shape index (κ1) is 13.8. The van der Waals surface area contributed by atoms with Crippen LogP contribution in [0.2, 0.25) is 0 Å². The van der Waals surface area contributed by atoms with Gasteiger partial charge in [-0.1, -0.05) is 30.4 Å². The highest BCUT2D eigenvalue weighted by Crippen LogP contribution is 2.26. The van der Waals surface area contributed by atoms with Gasteiger partial charge in [0.2, 0.25) is 5.91 Å². The first-order valence-corrected chi connectivity index (χ1v) is 6.84. The summed E-state index contributed by atoms with van der Waals surface area (Å²) in [5, 5.41) is 2.90. The summed E-state index contributed by atoms with van der Waals surface area (Å²) in [6.07, 6.45) is 2.18. The van der Waals surface area contributed by atoms with Crippen molar-refractivity contribution in [3.8, 4) is 5.75 Å². The lowest BCUT2D eigenvalue weighted by Gasteiger charge is -2.24. The molecule has 0 aliphatic carbocycles. The maximum atomic E-state index is 12.0. The normalized spacial score (nSPS) is 17.2. The van der Waals surface area contributed by atoms with E-state index in [1.54, 1.807) is 0 Å². The minimum absolute atomic E-state index is 0.0393. The zero-order valence-electron chi connectivity index (χ0n) is 10.7. The minimum Gasteiger partial charge on any atom is -0.492 e. The number of rotatable bonds is 5. The van der Waals surface area contributed by atoms with E-state index in [0.29, 0.717) is 24.6 Å². The number of carbonyl (C=O) groups excluding carboxylic acids is 1. The van der Waals surface area contributed by atoms with Gasteiger partial charge in [0.15, 0.2) is 0 Å². The summed E-state index contributed by atoms with van der Waals surface area (Å²) >= 11 is 4.79. The summed E-state index contributed by atoms with van der Waals surface area (Å²) in [5.74, 6) is 0.817. The van der Waals surface area contributed by atoms with Gasteiger partial charge in [-0.15, -0.1) is 0 Å². The Morgan fingerprint density at radius 1 is 1.47 bits per heavy atom. The van der Waals surface area contributed by atoms with Gasteiger partial charge in [0.25, 0.3) is 0 Å². The quantitative estimate of drug-likeness (QED) is 0.631. The van der Waals surface area contributed by atoms with Gasteiger partial charge in [0.05, 0.1) is 10.9 Å². The number of carbonyl (C=O) groups is 1. The van der Waals surface area contributed by atoms with E-state index in [4.69, 9.17) is 22.7 Å². The molecule has 0 saturated carbocycles. The van der Waals surface area contributed by atoms with Crippen LogP contribution in [0.1, 0.15) is 18.4 Å². The van der Waals surface area contributed by atoms with Crippen molar-refractivity contribution in [3.63, 3.8) is 0 Å². The summed E-state index contributed by atoms with van der Waals surface area (Å²) in [4.78, 5) is 12.5. The molecule has 0 fully saturated rings. The van der Waals surface area contributed by atoms with Crippen LogP contribution in [0.25, 0.3) is 0 Å². The molecule has 0 saturated heterocycles. The molecule has 0 bridgehead atoms. The van der Waals surface area contributed by atoms with E-state index in [2.05, 4.69) is 5.32 Å². The van der Waals surface area contributed by atoms with Crippen LogP contribution >= 0.6 is 12.2 Å². The number of ether oxygens (including phenoxy) is 1. The molecule has 0 spiro atoms. The van der Waals surface area contributed by atoms with Gasteiger partial charge in [-0.25, -0.2) is 0 Å². The van der Waals surface area contributed by atoms with Crippen LogP contribution in [0, 0.1) is 5.92 Å². The zero-order valence-corrected chi connectivity index (χ0v) is 11.5. The van der Waals surface area contributed by atoms with Crippen molar-refractivity contribution >= 4 is 23.1 Å². The molecule has 102 valence electrons. The largest absolute Gasteiger partial charge is 0.492 e. The molecule has 1 atom stereocenters. The molecule has 3 N–H and O–H groups in total. The number of hydrogen-bond acceptors (Lipinski definition) is 3. The molecular weight excluding hydrogens is 260 g/mol. The Hall–Kier alpha value is -1.62. The lowest BCUT2D eigenvalue weighted by Crippen LogP contribution is -2.37. The van der Waals surface area contributed by atoms with Gasteiger partial charge in [-0.05, 0) is 30.9 Å². The standard InChI is InChI=1S/C14H18N2O2S/c15-13(19)6-3-7-16-14(17)11-8-10-4-1-2-5-12(10)18-9-11/h1-2,4-5,11H,3,6-9H2,(H2,15,19)(H,16,17). The Morgan fingerprint density at radius 2 is 2.26 bits per heavy atom. The molecule has 4 nitrogen and oxygen atoms in total. The van der Waals surface area contributed by atoms with Gasteiger partial charge in [-0.2, -0.15) is 0 Å². The van der Waals surface area contributed by atoms with Gasteiger partial charge in [0.1, 0.15) is 12.4 Å². The van der Waals surface area contributed by atoms with E-state index in [9.17, 15) is 4.79 Å². The average Bonchev–Trinajstić information content (AvgIpc) is 2.42. The van der Waals surface area contributed by atoms with Crippen LogP contribution in [0.3, 0.4) is 0 Å². The topological polar surface area (TPSA) is 64.3 Å². The number of hydrogen-bond donors (Lipinski definition) is 2. The number of thiocarbonyl (C=S) groups is 1. The fraction of sp³-hybridized carbons (Fsp3) is 0.429. The van der Waals surface area contributed by atoms with E-state index < -0.39 is 0 Å². The molecule has 19 heavy (non-hydrogen) atoms. The monoisotopic (exact) mass is 278 g/mol. The third-order valence-corrected chi connectivity index (χ3v) is 3.35. The molecule has 5 heteroatoms. The number of fused-ring (bicyclic) bond motifs is 1. The number of benzene rings is 1. The van der Waals surface area contributed by atoms with Crippen molar-refractivity contribution in [2.24, 2.45) is 11.7 Å². The van der Waals surface area contributed by atoms with Gasteiger partial charge < -0.3 is 15.8 Å².